The molecule has 0 N–H and O–H groups in total. The van der Waals surface area contributed by atoms with Gasteiger partial charge in [0.1, 0.15) is 0 Å². The van der Waals surface area contributed by atoms with Gasteiger partial charge in [-0.15, -0.1) is 0 Å². The quantitative estimate of drug-likeness (QED) is 0.488. The molecule has 2 nitrogen and oxygen atoms in total. The average molecular weight is 338 g/mol. The van der Waals surface area contributed by atoms with Gasteiger partial charge < -0.3 is 9.80 Å². The minimum Gasteiger partial charge on any atom is -0.368 e. The zero-order valence-corrected chi connectivity index (χ0v) is 14.8. The lowest BCUT2D eigenvalue weighted by Gasteiger charge is -2.37. The van der Waals surface area contributed by atoms with Gasteiger partial charge in [-0.3, -0.25) is 0 Å². The Balaban J connectivity index is 1.34. The summed E-state index contributed by atoms with van der Waals surface area (Å²) in [6.07, 6.45) is 0. The van der Waals surface area contributed by atoms with Gasteiger partial charge in [-0.05, 0) is 45.8 Å². The molecule has 4 aromatic rings. The number of benzene rings is 4. The molecule has 2 heteroatoms. The number of rotatable bonds is 2. The van der Waals surface area contributed by atoms with E-state index in [1.807, 2.05) is 0 Å². The van der Waals surface area contributed by atoms with Crippen LogP contribution in [0.25, 0.3) is 21.5 Å². The lowest BCUT2D eigenvalue weighted by molar-refractivity contribution is 0.654. The lowest BCUT2D eigenvalue weighted by atomic mass is 10.1. The second kappa shape index (κ2) is 6.38. The van der Waals surface area contributed by atoms with E-state index in [4.69, 9.17) is 0 Å². The Kier molecular flexibility index (Phi) is 3.75. The molecule has 0 radical (unpaired) electrons. The zero-order chi connectivity index (χ0) is 17.3. The molecule has 0 atom stereocenters. The number of fused-ring (bicyclic) bond motifs is 2. The van der Waals surface area contributed by atoms with E-state index in [-0.39, 0.29) is 0 Å². The maximum atomic E-state index is 2.50. The molecule has 1 heterocycles. The molecule has 0 spiro atoms. The van der Waals surface area contributed by atoms with Crippen LogP contribution in [0.3, 0.4) is 0 Å². The maximum absolute atomic E-state index is 2.50. The van der Waals surface area contributed by atoms with Gasteiger partial charge in [0.25, 0.3) is 0 Å². The van der Waals surface area contributed by atoms with E-state index in [1.165, 1.54) is 32.9 Å². The van der Waals surface area contributed by atoms with Gasteiger partial charge in [-0.1, -0.05) is 60.7 Å². The van der Waals surface area contributed by atoms with Gasteiger partial charge in [0, 0.05) is 37.6 Å². The first-order chi connectivity index (χ1) is 12.9. The van der Waals surface area contributed by atoms with Crippen molar-refractivity contribution in [2.45, 2.75) is 0 Å². The summed E-state index contributed by atoms with van der Waals surface area (Å²) in [5.74, 6) is 0. The molecule has 0 saturated carbocycles. The highest BCUT2D eigenvalue weighted by Crippen LogP contribution is 2.26. The van der Waals surface area contributed by atoms with Gasteiger partial charge >= 0.3 is 0 Å². The van der Waals surface area contributed by atoms with Crippen LogP contribution in [-0.2, 0) is 0 Å². The molecule has 26 heavy (non-hydrogen) atoms. The SMILES string of the molecule is c1ccc2cc(N3CCN(c4ccc5ccccc5c4)CC3)ccc2c1. The van der Waals surface area contributed by atoms with Crippen LogP contribution >= 0.6 is 0 Å². The molecule has 4 aromatic carbocycles. The van der Waals surface area contributed by atoms with Gasteiger partial charge in [0.15, 0.2) is 0 Å². The summed E-state index contributed by atoms with van der Waals surface area (Å²) in [5, 5.41) is 5.26. The van der Waals surface area contributed by atoms with E-state index >= 15 is 0 Å². The maximum Gasteiger partial charge on any atom is 0.0373 e. The van der Waals surface area contributed by atoms with E-state index in [2.05, 4.69) is 94.7 Å². The number of hydrogen-bond donors (Lipinski definition) is 0. The molecule has 1 aliphatic rings. The summed E-state index contributed by atoms with van der Waals surface area (Å²) in [6, 6.07) is 30.8. The summed E-state index contributed by atoms with van der Waals surface area (Å²) in [5.41, 5.74) is 2.67. The smallest absolute Gasteiger partial charge is 0.0373 e. The van der Waals surface area contributed by atoms with E-state index in [1.54, 1.807) is 0 Å². The van der Waals surface area contributed by atoms with E-state index in [0.29, 0.717) is 0 Å². The molecule has 5 rings (SSSR count). The Hall–Kier alpha value is -3.00. The number of nitrogens with zero attached hydrogens (tertiary/aromatic N) is 2. The summed E-state index contributed by atoms with van der Waals surface area (Å²) < 4.78 is 0. The third-order valence-corrected chi connectivity index (χ3v) is 5.48. The summed E-state index contributed by atoms with van der Waals surface area (Å²) >= 11 is 0. The topological polar surface area (TPSA) is 6.48 Å². The highest BCUT2D eigenvalue weighted by atomic mass is 15.3. The van der Waals surface area contributed by atoms with Crippen molar-refractivity contribution in [2.24, 2.45) is 0 Å². The summed E-state index contributed by atoms with van der Waals surface area (Å²) in [6.45, 7) is 4.24. The van der Waals surface area contributed by atoms with Crippen LogP contribution in [0.1, 0.15) is 0 Å². The molecule has 0 bridgehead atoms. The van der Waals surface area contributed by atoms with Crippen LogP contribution in [0.15, 0.2) is 84.9 Å². The Morgan fingerprint density at radius 2 is 0.808 bits per heavy atom. The van der Waals surface area contributed by atoms with Gasteiger partial charge in [-0.25, -0.2) is 0 Å². The normalized spacial score (nSPS) is 14.9. The fraction of sp³-hybridized carbons (Fsp3) is 0.167. The Bertz CT molecular complexity index is 974. The molecular weight excluding hydrogens is 316 g/mol. The first-order valence-corrected chi connectivity index (χ1v) is 9.34. The molecule has 0 amide bonds. The van der Waals surface area contributed by atoms with Crippen LogP contribution in [0, 0.1) is 0 Å². The fourth-order valence-electron chi connectivity index (χ4n) is 3.97. The molecule has 0 aromatic heterocycles. The van der Waals surface area contributed by atoms with Crippen molar-refractivity contribution < 1.29 is 0 Å². The molecule has 1 saturated heterocycles. The second-order valence-corrected chi connectivity index (χ2v) is 7.04. The highest BCUT2D eigenvalue weighted by Gasteiger charge is 2.18. The zero-order valence-electron chi connectivity index (χ0n) is 14.8. The first-order valence-electron chi connectivity index (χ1n) is 9.34. The van der Waals surface area contributed by atoms with Crippen LogP contribution in [0.4, 0.5) is 11.4 Å². The van der Waals surface area contributed by atoms with Gasteiger partial charge in [0.2, 0.25) is 0 Å². The second-order valence-electron chi connectivity index (χ2n) is 7.04. The molecular formula is C24H22N2. The number of anilines is 2. The van der Waals surface area contributed by atoms with E-state index in [0.717, 1.165) is 26.2 Å². The number of hydrogen-bond acceptors (Lipinski definition) is 2. The molecule has 128 valence electrons. The molecule has 0 unspecified atom stereocenters. The van der Waals surface area contributed by atoms with Crippen molar-refractivity contribution >= 4 is 32.9 Å². The monoisotopic (exact) mass is 338 g/mol. The van der Waals surface area contributed by atoms with Crippen molar-refractivity contribution in [2.75, 3.05) is 36.0 Å². The largest absolute Gasteiger partial charge is 0.368 e. The van der Waals surface area contributed by atoms with Crippen LogP contribution < -0.4 is 9.80 Å². The Morgan fingerprint density at radius 3 is 1.23 bits per heavy atom. The van der Waals surface area contributed by atoms with E-state index < -0.39 is 0 Å². The fourth-order valence-corrected chi connectivity index (χ4v) is 3.97. The molecule has 1 aliphatic heterocycles. The van der Waals surface area contributed by atoms with Crippen molar-refractivity contribution in [1.82, 2.24) is 0 Å². The number of piperazine rings is 1. The summed E-state index contributed by atoms with van der Waals surface area (Å²) in [7, 11) is 0. The molecule has 0 aliphatic carbocycles. The summed E-state index contributed by atoms with van der Waals surface area (Å²) in [4.78, 5) is 5.01. The van der Waals surface area contributed by atoms with Crippen molar-refractivity contribution in [3.05, 3.63) is 84.9 Å². The minimum absolute atomic E-state index is 1.06. The van der Waals surface area contributed by atoms with E-state index in [9.17, 15) is 0 Å². The molecule has 1 fully saturated rings. The highest BCUT2D eigenvalue weighted by molar-refractivity contribution is 5.87. The van der Waals surface area contributed by atoms with Crippen molar-refractivity contribution in [3.63, 3.8) is 0 Å². The lowest BCUT2D eigenvalue weighted by Crippen LogP contribution is -2.46. The Morgan fingerprint density at radius 1 is 0.423 bits per heavy atom. The van der Waals surface area contributed by atoms with Crippen LogP contribution in [-0.4, -0.2) is 26.2 Å². The minimum atomic E-state index is 1.06. The van der Waals surface area contributed by atoms with Crippen LogP contribution in [0.5, 0.6) is 0 Å². The van der Waals surface area contributed by atoms with Crippen LogP contribution in [0.2, 0.25) is 0 Å². The average Bonchev–Trinajstić information content (AvgIpc) is 2.73. The predicted molar refractivity (Wildman–Crippen MR) is 112 cm³/mol. The van der Waals surface area contributed by atoms with Crippen molar-refractivity contribution in [1.29, 1.82) is 0 Å². The Labute approximate surface area is 154 Å². The van der Waals surface area contributed by atoms with Gasteiger partial charge in [-0.2, -0.15) is 0 Å². The standard InChI is InChI=1S/C24H22N2/c1-3-7-21-17-23(11-9-19(21)5-1)25-13-15-26(16-14-25)24-12-10-20-6-2-4-8-22(20)18-24/h1-12,17-18H,13-16H2. The van der Waals surface area contributed by atoms with Crippen molar-refractivity contribution in [3.8, 4) is 0 Å². The first kappa shape index (κ1) is 15.3. The third-order valence-electron chi connectivity index (χ3n) is 5.48. The van der Waals surface area contributed by atoms with Gasteiger partial charge in [0.05, 0.1) is 0 Å². The predicted octanol–water partition coefficient (Wildman–Crippen LogP) is 5.32. The third kappa shape index (κ3) is 2.78.